The van der Waals surface area contributed by atoms with Gasteiger partial charge in [-0.15, -0.1) is 0 Å². The predicted octanol–water partition coefficient (Wildman–Crippen LogP) is 1.94. The zero-order chi connectivity index (χ0) is 13.7. The molecule has 18 heavy (non-hydrogen) atoms. The Balaban J connectivity index is 2.65. The van der Waals surface area contributed by atoms with Crippen LogP contribution in [0.1, 0.15) is 6.92 Å². The van der Waals surface area contributed by atoms with Gasteiger partial charge in [-0.1, -0.05) is 11.6 Å². The molecule has 0 heterocycles. The Morgan fingerprint density at radius 3 is 2.61 bits per heavy atom. The second-order valence-corrected chi connectivity index (χ2v) is 3.91. The summed E-state index contributed by atoms with van der Waals surface area (Å²) < 4.78 is 4.96. The Kier molecular flexibility index (Phi) is 4.79. The molecule has 0 aliphatic heterocycles. The zero-order valence-corrected chi connectivity index (χ0v) is 10.6. The van der Waals surface area contributed by atoms with E-state index in [1.807, 2.05) is 0 Å². The maximum absolute atomic E-state index is 11.4. The highest BCUT2D eigenvalue weighted by Crippen LogP contribution is 2.27. The molecule has 98 valence electrons. The molecular formula is C11H13ClN2O4. The van der Waals surface area contributed by atoms with Crippen LogP contribution >= 0.6 is 11.6 Å². The van der Waals surface area contributed by atoms with Crippen LogP contribution < -0.4 is 15.4 Å². The summed E-state index contributed by atoms with van der Waals surface area (Å²) in [5, 5.41) is 13.7. The lowest BCUT2D eigenvalue weighted by Gasteiger charge is -2.11. The van der Waals surface area contributed by atoms with Gasteiger partial charge in [-0.05, 0) is 25.1 Å². The van der Waals surface area contributed by atoms with Crippen LogP contribution in [0.5, 0.6) is 5.75 Å². The van der Waals surface area contributed by atoms with Crippen molar-refractivity contribution in [3.63, 3.8) is 0 Å². The number of anilines is 1. The monoisotopic (exact) mass is 272 g/mol. The van der Waals surface area contributed by atoms with E-state index >= 15 is 0 Å². The number of methoxy groups -OCH3 is 1. The summed E-state index contributed by atoms with van der Waals surface area (Å²) in [4.78, 5) is 22.0. The third-order valence-corrected chi connectivity index (χ3v) is 2.42. The van der Waals surface area contributed by atoms with Gasteiger partial charge in [-0.25, -0.2) is 4.79 Å². The molecule has 0 aliphatic carbocycles. The van der Waals surface area contributed by atoms with E-state index in [1.165, 1.54) is 20.1 Å². The van der Waals surface area contributed by atoms with Crippen molar-refractivity contribution in [2.75, 3.05) is 12.4 Å². The van der Waals surface area contributed by atoms with Gasteiger partial charge < -0.3 is 20.5 Å². The number of amides is 2. The minimum Gasteiger partial charge on any atom is -0.495 e. The highest BCUT2D eigenvalue weighted by atomic mass is 35.5. The lowest BCUT2D eigenvalue weighted by molar-refractivity contribution is -0.138. The maximum Gasteiger partial charge on any atom is 0.325 e. The molecule has 2 amide bonds. The second-order valence-electron chi connectivity index (χ2n) is 3.51. The molecule has 0 radical (unpaired) electrons. The van der Waals surface area contributed by atoms with Gasteiger partial charge in [0.2, 0.25) is 0 Å². The molecule has 0 unspecified atom stereocenters. The molecule has 3 N–H and O–H groups in total. The number of rotatable bonds is 4. The molecule has 0 spiro atoms. The van der Waals surface area contributed by atoms with E-state index in [2.05, 4.69) is 10.6 Å². The van der Waals surface area contributed by atoms with Crippen molar-refractivity contribution in [1.29, 1.82) is 0 Å². The number of urea groups is 1. The number of benzene rings is 1. The Morgan fingerprint density at radius 1 is 1.44 bits per heavy atom. The molecule has 7 heteroatoms. The molecule has 0 aliphatic rings. The smallest absolute Gasteiger partial charge is 0.325 e. The van der Waals surface area contributed by atoms with Crippen molar-refractivity contribution in [3.8, 4) is 5.75 Å². The van der Waals surface area contributed by atoms with E-state index < -0.39 is 18.0 Å². The first-order valence-electron chi connectivity index (χ1n) is 5.08. The Morgan fingerprint density at radius 2 is 2.11 bits per heavy atom. The highest BCUT2D eigenvalue weighted by Gasteiger charge is 2.14. The fraction of sp³-hybridized carbons (Fsp3) is 0.273. The molecule has 1 rings (SSSR count). The number of nitrogens with one attached hydrogen (secondary N) is 2. The van der Waals surface area contributed by atoms with Crippen molar-refractivity contribution >= 4 is 29.3 Å². The van der Waals surface area contributed by atoms with Crippen LogP contribution in [0.2, 0.25) is 5.02 Å². The summed E-state index contributed by atoms with van der Waals surface area (Å²) in [6.45, 7) is 1.36. The van der Waals surface area contributed by atoms with Crippen LogP contribution in [0, 0.1) is 0 Å². The number of halogens is 1. The maximum atomic E-state index is 11.4. The van der Waals surface area contributed by atoms with Crippen LogP contribution in [-0.4, -0.2) is 30.3 Å². The summed E-state index contributed by atoms with van der Waals surface area (Å²) in [6.07, 6.45) is 0. The number of carbonyl (C=O) groups excluding carboxylic acids is 1. The number of carboxylic acid groups (broad SMARTS) is 1. The SMILES string of the molecule is COc1ccc(NC(=O)N[C@H](C)C(=O)O)cc1Cl. The van der Waals surface area contributed by atoms with Crippen LogP contribution in [0.15, 0.2) is 18.2 Å². The fourth-order valence-electron chi connectivity index (χ4n) is 1.17. The van der Waals surface area contributed by atoms with Gasteiger partial charge in [-0.2, -0.15) is 0 Å². The standard InChI is InChI=1S/C11H13ClN2O4/c1-6(10(15)16)13-11(17)14-7-3-4-9(18-2)8(12)5-7/h3-6H,1-2H3,(H,15,16)(H2,13,14,17)/t6-/m1/s1. The molecule has 1 aromatic rings. The topological polar surface area (TPSA) is 87.7 Å². The van der Waals surface area contributed by atoms with E-state index in [4.69, 9.17) is 21.4 Å². The summed E-state index contributed by atoms with van der Waals surface area (Å²) in [7, 11) is 1.48. The summed E-state index contributed by atoms with van der Waals surface area (Å²) in [5.74, 6) is -0.626. The average Bonchev–Trinajstić information content (AvgIpc) is 2.28. The van der Waals surface area contributed by atoms with Crippen LogP contribution in [-0.2, 0) is 4.79 Å². The van der Waals surface area contributed by atoms with E-state index in [0.29, 0.717) is 16.5 Å². The van der Waals surface area contributed by atoms with Crippen molar-refractivity contribution < 1.29 is 19.4 Å². The van der Waals surface area contributed by atoms with Gasteiger partial charge in [-0.3, -0.25) is 4.79 Å². The van der Waals surface area contributed by atoms with Crippen molar-refractivity contribution in [3.05, 3.63) is 23.2 Å². The molecule has 6 nitrogen and oxygen atoms in total. The largest absolute Gasteiger partial charge is 0.495 e. The van der Waals surface area contributed by atoms with Gasteiger partial charge >= 0.3 is 12.0 Å². The average molecular weight is 273 g/mol. The molecule has 1 aromatic carbocycles. The second kappa shape index (κ2) is 6.11. The van der Waals surface area contributed by atoms with Gasteiger partial charge in [0.1, 0.15) is 11.8 Å². The van der Waals surface area contributed by atoms with E-state index in [9.17, 15) is 9.59 Å². The molecule has 0 fully saturated rings. The fourth-order valence-corrected chi connectivity index (χ4v) is 1.43. The lowest BCUT2D eigenvalue weighted by Crippen LogP contribution is -2.40. The van der Waals surface area contributed by atoms with Crippen molar-refractivity contribution in [2.24, 2.45) is 0 Å². The summed E-state index contributed by atoms with van der Waals surface area (Å²) in [5.41, 5.74) is 0.441. The Labute approximate surface area is 109 Å². The van der Waals surface area contributed by atoms with Crippen molar-refractivity contribution in [2.45, 2.75) is 13.0 Å². The van der Waals surface area contributed by atoms with Crippen molar-refractivity contribution in [1.82, 2.24) is 5.32 Å². The molecule has 0 saturated heterocycles. The molecule has 0 saturated carbocycles. The third-order valence-electron chi connectivity index (χ3n) is 2.13. The van der Waals surface area contributed by atoms with Crippen LogP contribution in [0.4, 0.5) is 10.5 Å². The summed E-state index contributed by atoms with van der Waals surface area (Å²) in [6, 6.07) is 3.10. The van der Waals surface area contributed by atoms with E-state index in [0.717, 1.165) is 0 Å². The number of hydrogen-bond donors (Lipinski definition) is 3. The Bertz CT molecular complexity index is 464. The van der Waals surface area contributed by atoms with Gasteiger partial charge in [0.25, 0.3) is 0 Å². The van der Waals surface area contributed by atoms with E-state index in [1.54, 1.807) is 12.1 Å². The zero-order valence-electron chi connectivity index (χ0n) is 9.86. The third kappa shape index (κ3) is 3.81. The first-order valence-corrected chi connectivity index (χ1v) is 5.45. The number of ether oxygens (including phenoxy) is 1. The molecular weight excluding hydrogens is 260 g/mol. The number of carbonyl (C=O) groups is 2. The molecule has 0 aromatic heterocycles. The minimum absolute atomic E-state index is 0.349. The predicted molar refractivity (Wildman–Crippen MR) is 67.3 cm³/mol. The first kappa shape index (κ1) is 14.1. The normalized spacial score (nSPS) is 11.5. The minimum atomic E-state index is -1.11. The van der Waals surface area contributed by atoms with Crippen LogP contribution in [0.3, 0.4) is 0 Å². The van der Waals surface area contributed by atoms with Crippen LogP contribution in [0.25, 0.3) is 0 Å². The highest BCUT2D eigenvalue weighted by molar-refractivity contribution is 6.32. The quantitative estimate of drug-likeness (QED) is 0.782. The lowest BCUT2D eigenvalue weighted by atomic mass is 10.3. The molecule has 1 atom stereocenters. The number of hydrogen-bond acceptors (Lipinski definition) is 3. The molecule has 0 bridgehead atoms. The van der Waals surface area contributed by atoms with Gasteiger partial charge in [0.15, 0.2) is 0 Å². The summed E-state index contributed by atoms with van der Waals surface area (Å²) >= 11 is 5.88. The van der Waals surface area contributed by atoms with Gasteiger partial charge in [0.05, 0.1) is 12.1 Å². The Hall–Kier alpha value is -1.95. The number of carboxylic acids is 1. The number of aliphatic carboxylic acids is 1. The van der Waals surface area contributed by atoms with Gasteiger partial charge in [0, 0.05) is 5.69 Å². The first-order chi connectivity index (χ1) is 8.43. The van der Waals surface area contributed by atoms with E-state index in [-0.39, 0.29) is 0 Å².